The van der Waals surface area contributed by atoms with Crippen molar-refractivity contribution >= 4 is 34.6 Å². The number of hydrogen-bond donors (Lipinski definition) is 2. The molecule has 17 heavy (non-hydrogen) atoms. The van der Waals surface area contributed by atoms with E-state index in [4.69, 9.17) is 33.7 Å². The van der Waals surface area contributed by atoms with Crippen molar-refractivity contribution in [3.63, 3.8) is 0 Å². The molecule has 0 spiro atoms. The lowest BCUT2D eigenvalue weighted by molar-refractivity contribution is 0.0595. The fourth-order valence-corrected chi connectivity index (χ4v) is 2.27. The Morgan fingerprint density at radius 1 is 1.35 bits per heavy atom. The van der Waals surface area contributed by atoms with Crippen molar-refractivity contribution < 1.29 is 4.74 Å². The molecule has 0 amide bonds. The van der Waals surface area contributed by atoms with E-state index in [9.17, 15) is 0 Å². The van der Waals surface area contributed by atoms with Gasteiger partial charge in [0.15, 0.2) is 0 Å². The van der Waals surface area contributed by atoms with Crippen molar-refractivity contribution in [1.82, 2.24) is 0 Å². The molecule has 5 heteroatoms. The molecule has 1 unspecified atom stereocenters. The van der Waals surface area contributed by atoms with Gasteiger partial charge in [0.05, 0.1) is 28.0 Å². The molecule has 0 bridgehead atoms. The average molecular weight is 275 g/mol. The first-order chi connectivity index (χ1) is 8.16. The molecule has 1 atom stereocenters. The van der Waals surface area contributed by atoms with E-state index < -0.39 is 0 Å². The van der Waals surface area contributed by atoms with Gasteiger partial charge in [-0.05, 0) is 30.9 Å². The van der Waals surface area contributed by atoms with Crippen LogP contribution in [0.2, 0.25) is 10.0 Å². The molecule has 1 saturated heterocycles. The first kappa shape index (κ1) is 12.8. The second-order valence-corrected chi connectivity index (χ2v) is 5.13. The van der Waals surface area contributed by atoms with Crippen molar-refractivity contribution in [2.75, 3.05) is 30.8 Å². The molecule has 1 aromatic rings. The maximum Gasteiger partial charge on any atom is 0.0614 e. The van der Waals surface area contributed by atoms with Crippen molar-refractivity contribution in [3.05, 3.63) is 22.2 Å². The summed E-state index contributed by atoms with van der Waals surface area (Å²) in [4.78, 5) is 0. The highest BCUT2D eigenvalue weighted by molar-refractivity contribution is 6.42. The lowest BCUT2D eigenvalue weighted by Gasteiger charge is -2.23. The van der Waals surface area contributed by atoms with Crippen molar-refractivity contribution in [2.45, 2.75) is 12.8 Å². The second kappa shape index (κ2) is 5.80. The summed E-state index contributed by atoms with van der Waals surface area (Å²) in [5.74, 6) is 0.539. The molecule has 0 saturated carbocycles. The predicted molar refractivity (Wildman–Crippen MR) is 72.9 cm³/mol. The van der Waals surface area contributed by atoms with Gasteiger partial charge in [-0.2, -0.15) is 0 Å². The van der Waals surface area contributed by atoms with E-state index in [1.807, 2.05) is 0 Å². The van der Waals surface area contributed by atoms with Crippen molar-refractivity contribution in [3.8, 4) is 0 Å². The van der Waals surface area contributed by atoms with E-state index in [0.29, 0.717) is 21.7 Å². The van der Waals surface area contributed by atoms with Gasteiger partial charge in [-0.3, -0.25) is 0 Å². The SMILES string of the molecule is Nc1cc(Cl)c(Cl)cc1NCC1CCCOC1. The molecule has 0 aromatic heterocycles. The van der Waals surface area contributed by atoms with Gasteiger partial charge in [0.1, 0.15) is 0 Å². The van der Waals surface area contributed by atoms with Crippen LogP contribution in [-0.2, 0) is 4.74 Å². The van der Waals surface area contributed by atoms with Crippen molar-refractivity contribution in [2.24, 2.45) is 5.92 Å². The number of benzene rings is 1. The molecular formula is C12H16Cl2N2O. The zero-order valence-corrected chi connectivity index (χ0v) is 11.0. The van der Waals surface area contributed by atoms with Crippen LogP contribution < -0.4 is 11.1 Å². The Labute approximate surface area is 111 Å². The van der Waals surface area contributed by atoms with Gasteiger partial charge in [0.2, 0.25) is 0 Å². The third-order valence-corrected chi connectivity index (χ3v) is 3.65. The summed E-state index contributed by atoms with van der Waals surface area (Å²) in [6, 6.07) is 3.44. The van der Waals surface area contributed by atoms with Gasteiger partial charge >= 0.3 is 0 Å². The molecule has 1 aromatic carbocycles. The summed E-state index contributed by atoms with van der Waals surface area (Å²) in [5, 5.41) is 4.30. The van der Waals surface area contributed by atoms with E-state index in [0.717, 1.165) is 31.9 Å². The number of nitrogen functional groups attached to an aromatic ring is 1. The largest absolute Gasteiger partial charge is 0.397 e. The molecule has 0 radical (unpaired) electrons. The number of ether oxygens (including phenoxy) is 1. The van der Waals surface area contributed by atoms with Gasteiger partial charge < -0.3 is 15.8 Å². The van der Waals surface area contributed by atoms with Crippen LogP contribution in [0.3, 0.4) is 0 Å². The van der Waals surface area contributed by atoms with Gasteiger partial charge in [-0.1, -0.05) is 23.2 Å². The number of nitrogens with one attached hydrogen (secondary N) is 1. The molecule has 2 rings (SSSR count). The Bertz CT molecular complexity index is 392. The van der Waals surface area contributed by atoms with Gasteiger partial charge in [0.25, 0.3) is 0 Å². The quantitative estimate of drug-likeness (QED) is 0.831. The summed E-state index contributed by atoms with van der Waals surface area (Å²) >= 11 is 11.8. The van der Waals surface area contributed by atoms with Crippen LogP contribution in [0.4, 0.5) is 11.4 Å². The minimum Gasteiger partial charge on any atom is -0.397 e. The van der Waals surface area contributed by atoms with Crippen molar-refractivity contribution in [1.29, 1.82) is 0 Å². The second-order valence-electron chi connectivity index (χ2n) is 4.32. The summed E-state index contributed by atoms with van der Waals surface area (Å²) in [6.45, 7) is 2.54. The summed E-state index contributed by atoms with van der Waals surface area (Å²) in [5.41, 5.74) is 7.33. The Hall–Kier alpha value is -0.640. The minimum atomic E-state index is 0.482. The van der Waals surface area contributed by atoms with E-state index in [1.165, 1.54) is 6.42 Å². The average Bonchev–Trinajstić information content (AvgIpc) is 2.33. The Morgan fingerprint density at radius 3 is 2.82 bits per heavy atom. The standard InChI is InChI=1S/C12H16Cl2N2O/c13-9-4-11(15)12(5-10(9)14)16-6-8-2-1-3-17-7-8/h4-5,8,16H,1-3,6-7,15H2. The Morgan fingerprint density at radius 2 is 2.12 bits per heavy atom. The van der Waals surface area contributed by atoms with E-state index >= 15 is 0 Å². The summed E-state index contributed by atoms with van der Waals surface area (Å²) in [7, 11) is 0. The molecule has 1 aliphatic heterocycles. The van der Waals surface area contributed by atoms with Gasteiger partial charge in [-0.15, -0.1) is 0 Å². The lowest BCUT2D eigenvalue weighted by atomic mass is 10.0. The molecular weight excluding hydrogens is 259 g/mol. The fraction of sp³-hybridized carbons (Fsp3) is 0.500. The van der Waals surface area contributed by atoms with Crippen LogP contribution >= 0.6 is 23.2 Å². The number of rotatable bonds is 3. The van der Waals surface area contributed by atoms with Crippen LogP contribution in [-0.4, -0.2) is 19.8 Å². The molecule has 0 aliphatic carbocycles. The zero-order valence-electron chi connectivity index (χ0n) is 9.51. The normalized spacial score (nSPS) is 20.2. The first-order valence-electron chi connectivity index (χ1n) is 5.73. The maximum atomic E-state index is 5.96. The zero-order chi connectivity index (χ0) is 12.3. The molecule has 3 nitrogen and oxygen atoms in total. The summed E-state index contributed by atoms with van der Waals surface area (Å²) < 4.78 is 5.43. The van der Waals surface area contributed by atoms with Gasteiger partial charge in [0, 0.05) is 13.2 Å². The summed E-state index contributed by atoms with van der Waals surface area (Å²) in [6.07, 6.45) is 2.32. The minimum absolute atomic E-state index is 0.482. The van der Waals surface area contributed by atoms with Crippen LogP contribution in [0.5, 0.6) is 0 Å². The smallest absolute Gasteiger partial charge is 0.0614 e. The number of anilines is 2. The third-order valence-electron chi connectivity index (χ3n) is 2.93. The highest BCUT2D eigenvalue weighted by atomic mass is 35.5. The van der Waals surface area contributed by atoms with Gasteiger partial charge in [-0.25, -0.2) is 0 Å². The number of hydrogen-bond acceptors (Lipinski definition) is 3. The number of nitrogens with two attached hydrogens (primary N) is 1. The molecule has 3 N–H and O–H groups in total. The Kier molecular flexibility index (Phi) is 4.37. The highest BCUT2D eigenvalue weighted by Gasteiger charge is 2.14. The van der Waals surface area contributed by atoms with Crippen LogP contribution in [0.15, 0.2) is 12.1 Å². The first-order valence-corrected chi connectivity index (χ1v) is 6.48. The molecule has 1 aliphatic rings. The topological polar surface area (TPSA) is 47.3 Å². The van der Waals surface area contributed by atoms with E-state index in [1.54, 1.807) is 12.1 Å². The van der Waals surface area contributed by atoms with Crippen LogP contribution in [0.25, 0.3) is 0 Å². The fourth-order valence-electron chi connectivity index (χ4n) is 1.94. The molecule has 94 valence electrons. The number of halogens is 2. The Balaban J connectivity index is 1.96. The van der Waals surface area contributed by atoms with E-state index in [-0.39, 0.29) is 0 Å². The maximum absolute atomic E-state index is 5.96. The predicted octanol–water partition coefficient (Wildman–Crippen LogP) is 3.41. The molecule has 1 fully saturated rings. The van der Waals surface area contributed by atoms with Crippen LogP contribution in [0, 0.1) is 5.92 Å². The molecule has 1 heterocycles. The van der Waals surface area contributed by atoms with Crippen LogP contribution in [0.1, 0.15) is 12.8 Å². The monoisotopic (exact) mass is 274 g/mol. The third kappa shape index (κ3) is 3.41. The lowest BCUT2D eigenvalue weighted by Crippen LogP contribution is -2.24. The van der Waals surface area contributed by atoms with E-state index in [2.05, 4.69) is 5.32 Å². The highest BCUT2D eigenvalue weighted by Crippen LogP contribution is 2.31.